The average Bonchev–Trinajstić information content (AvgIpc) is 2.85. The number of carbonyl (C=O) groups excluding carboxylic acids is 1. The lowest BCUT2D eigenvalue weighted by atomic mass is 9.93. The first-order valence-corrected chi connectivity index (χ1v) is 7.57. The zero-order valence-electron chi connectivity index (χ0n) is 13.2. The number of carbonyl (C=O) groups is 1. The molecule has 1 amide bonds. The Morgan fingerprint density at radius 3 is 2.95 bits per heavy atom. The lowest BCUT2D eigenvalue weighted by molar-refractivity contribution is -0.124. The minimum absolute atomic E-state index is 0.232. The van der Waals surface area contributed by atoms with Gasteiger partial charge in [0.25, 0.3) is 0 Å². The van der Waals surface area contributed by atoms with Crippen molar-refractivity contribution in [3.8, 4) is 0 Å². The van der Waals surface area contributed by atoms with Gasteiger partial charge in [-0.15, -0.1) is 10.2 Å². The van der Waals surface area contributed by atoms with Crippen LogP contribution in [0.25, 0.3) is 0 Å². The Morgan fingerprint density at radius 2 is 2.29 bits per heavy atom. The molecule has 1 aromatic rings. The molecule has 2 rings (SSSR count). The predicted molar refractivity (Wildman–Crippen MR) is 80.4 cm³/mol. The molecule has 118 valence electrons. The molecule has 1 aliphatic rings. The molecule has 0 bridgehead atoms. The minimum Gasteiger partial charge on any atom is -0.368 e. The van der Waals surface area contributed by atoms with Crippen LogP contribution in [0.1, 0.15) is 39.4 Å². The molecule has 0 radical (unpaired) electrons. The molecule has 0 saturated carbocycles. The number of nitrogens with two attached hydrogens (primary N) is 1. The van der Waals surface area contributed by atoms with Gasteiger partial charge in [0.15, 0.2) is 0 Å². The molecule has 0 saturated heterocycles. The van der Waals surface area contributed by atoms with Gasteiger partial charge in [-0.05, 0) is 40.2 Å². The van der Waals surface area contributed by atoms with Crippen LogP contribution in [0, 0.1) is 0 Å². The number of rotatable bonds is 7. The summed E-state index contributed by atoms with van der Waals surface area (Å²) in [6.07, 6.45) is 3.44. The molecular formula is C14H26N6O. The normalized spacial score (nSPS) is 18.5. The van der Waals surface area contributed by atoms with E-state index in [4.69, 9.17) is 5.73 Å². The first kappa shape index (κ1) is 15.9. The van der Waals surface area contributed by atoms with Crippen molar-refractivity contribution in [2.45, 2.75) is 58.3 Å². The summed E-state index contributed by atoms with van der Waals surface area (Å²) in [7, 11) is 0. The van der Waals surface area contributed by atoms with Gasteiger partial charge in [0, 0.05) is 19.1 Å². The number of hydrogen-bond donors (Lipinski definition) is 2. The van der Waals surface area contributed by atoms with Gasteiger partial charge in [0.1, 0.15) is 12.2 Å². The van der Waals surface area contributed by atoms with Crippen LogP contribution in [0.3, 0.4) is 0 Å². The number of primary amides is 1. The summed E-state index contributed by atoms with van der Waals surface area (Å²) in [6.45, 7) is 9.63. The summed E-state index contributed by atoms with van der Waals surface area (Å²) in [5, 5.41) is 11.3. The summed E-state index contributed by atoms with van der Waals surface area (Å²) in [5.41, 5.74) is 4.92. The second-order valence-electron chi connectivity index (χ2n) is 6.32. The minimum atomic E-state index is -0.635. The Kier molecular flexibility index (Phi) is 4.95. The molecule has 3 N–H and O–H groups in total. The second kappa shape index (κ2) is 6.53. The maximum absolute atomic E-state index is 11.7. The summed E-state index contributed by atoms with van der Waals surface area (Å²) < 4.78 is 2.09. The molecule has 0 aromatic carbocycles. The maximum Gasteiger partial charge on any atom is 0.237 e. The fourth-order valence-electron chi connectivity index (χ4n) is 2.87. The lowest BCUT2D eigenvalue weighted by Crippen LogP contribution is -2.55. The van der Waals surface area contributed by atoms with Crippen LogP contribution in [0.5, 0.6) is 0 Å². The number of amides is 1. The van der Waals surface area contributed by atoms with Crippen LogP contribution < -0.4 is 11.1 Å². The monoisotopic (exact) mass is 294 g/mol. The van der Waals surface area contributed by atoms with Crippen molar-refractivity contribution in [3.05, 3.63) is 12.2 Å². The third kappa shape index (κ3) is 4.01. The Bertz CT molecular complexity index is 486. The molecule has 0 aliphatic carbocycles. The molecule has 1 aromatic heterocycles. The van der Waals surface area contributed by atoms with Gasteiger partial charge < -0.3 is 15.6 Å². The van der Waals surface area contributed by atoms with E-state index in [9.17, 15) is 4.79 Å². The number of aromatic nitrogens is 3. The van der Waals surface area contributed by atoms with E-state index in [-0.39, 0.29) is 11.9 Å². The van der Waals surface area contributed by atoms with Crippen molar-refractivity contribution in [3.63, 3.8) is 0 Å². The van der Waals surface area contributed by atoms with Crippen molar-refractivity contribution >= 4 is 5.91 Å². The summed E-state index contributed by atoms with van der Waals surface area (Å²) in [4.78, 5) is 14.0. The summed E-state index contributed by atoms with van der Waals surface area (Å²) >= 11 is 0. The molecule has 2 heterocycles. The van der Waals surface area contributed by atoms with Gasteiger partial charge in [0.2, 0.25) is 5.91 Å². The number of nitrogens with zero attached hydrogens (tertiary/aromatic N) is 4. The molecule has 1 atom stereocenters. The number of hydrogen-bond acceptors (Lipinski definition) is 5. The van der Waals surface area contributed by atoms with Crippen LogP contribution in [-0.2, 0) is 17.9 Å². The zero-order valence-corrected chi connectivity index (χ0v) is 13.2. The van der Waals surface area contributed by atoms with Gasteiger partial charge in [0.05, 0.1) is 12.1 Å². The highest BCUT2D eigenvalue weighted by Gasteiger charge is 2.31. The highest BCUT2D eigenvalue weighted by molar-refractivity contribution is 5.84. The van der Waals surface area contributed by atoms with E-state index in [0.717, 1.165) is 44.8 Å². The molecule has 7 heteroatoms. The third-order valence-electron chi connectivity index (χ3n) is 4.02. The largest absolute Gasteiger partial charge is 0.368 e. The van der Waals surface area contributed by atoms with E-state index in [2.05, 4.69) is 25.0 Å². The first-order chi connectivity index (χ1) is 9.90. The highest BCUT2D eigenvalue weighted by atomic mass is 16.1. The summed E-state index contributed by atoms with van der Waals surface area (Å²) in [6, 6.07) is 0.232. The van der Waals surface area contributed by atoms with Gasteiger partial charge in [-0.2, -0.15) is 0 Å². The van der Waals surface area contributed by atoms with E-state index >= 15 is 0 Å². The Hall–Kier alpha value is -1.47. The number of fused-ring (bicyclic) bond motifs is 1. The smallest absolute Gasteiger partial charge is 0.237 e. The SMILES string of the molecule is CC(C)NC(C)(CCCN1CCn2cnnc2C1)C(N)=O. The molecule has 21 heavy (non-hydrogen) atoms. The van der Waals surface area contributed by atoms with Gasteiger partial charge >= 0.3 is 0 Å². The Labute approximate surface area is 125 Å². The standard InChI is InChI=1S/C14H26N6O/c1-11(2)17-14(3,13(15)21)5-4-6-19-7-8-20-10-16-18-12(20)9-19/h10-11,17H,4-9H2,1-3H3,(H2,15,21). The second-order valence-corrected chi connectivity index (χ2v) is 6.32. The van der Waals surface area contributed by atoms with Crippen molar-refractivity contribution in [1.82, 2.24) is 25.0 Å². The van der Waals surface area contributed by atoms with E-state index < -0.39 is 5.54 Å². The highest BCUT2D eigenvalue weighted by Crippen LogP contribution is 2.16. The predicted octanol–water partition coefficient (Wildman–Crippen LogP) is 0.116. The van der Waals surface area contributed by atoms with E-state index in [0.29, 0.717) is 0 Å². The fourth-order valence-corrected chi connectivity index (χ4v) is 2.87. The molecule has 0 spiro atoms. The molecule has 7 nitrogen and oxygen atoms in total. The maximum atomic E-state index is 11.7. The Balaban J connectivity index is 1.82. The fraction of sp³-hybridized carbons (Fsp3) is 0.786. The van der Waals surface area contributed by atoms with Gasteiger partial charge in [-0.3, -0.25) is 9.69 Å². The summed E-state index contributed by atoms with van der Waals surface area (Å²) in [5.74, 6) is 0.730. The van der Waals surface area contributed by atoms with Crippen LogP contribution >= 0.6 is 0 Å². The quantitative estimate of drug-likeness (QED) is 0.745. The van der Waals surface area contributed by atoms with Crippen molar-refractivity contribution in [2.75, 3.05) is 13.1 Å². The first-order valence-electron chi connectivity index (χ1n) is 7.57. The van der Waals surface area contributed by atoms with E-state index in [1.807, 2.05) is 20.8 Å². The average molecular weight is 294 g/mol. The van der Waals surface area contributed by atoms with E-state index in [1.165, 1.54) is 0 Å². The Morgan fingerprint density at radius 1 is 1.52 bits per heavy atom. The topological polar surface area (TPSA) is 89.1 Å². The van der Waals surface area contributed by atoms with Crippen LogP contribution in [-0.4, -0.2) is 50.2 Å². The van der Waals surface area contributed by atoms with Crippen LogP contribution in [0.2, 0.25) is 0 Å². The van der Waals surface area contributed by atoms with Gasteiger partial charge in [-0.25, -0.2) is 0 Å². The lowest BCUT2D eigenvalue weighted by Gasteiger charge is -2.32. The van der Waals surface area contributed by atoms with Crippen molar-refractivity contribution in [2.24, 2.45) is 5.73 Å². The molecular weight excluding hydrogens is 268 g/mol. The number of nitrogens with one attached hydrogen (secondary N) is 1. The van der Waals surface area contributed by atoms with Crippen molar-refractivity contribution in [1.29, 1.82) is 0 Å². The van der Waals surface area contributed by atoms with Crippen molar-refractivity contribution < 1.29 is 4.79 Å². The van der Waals surface area contributed by atoms with Crippen LogP contribution in [0.15, 0.2) is 6.33 Å². The molecule has 0 fully saturated rings. The third-order valence-corrected chi connectivity index (χ3v) is 4.02. The zero-order chi connectivity index (χ0) is 15.5. The molecule has 1 unspecified atom stereocenters. The van der Waals surface area contributed by atoms with Crippen LogP contribution in [0.4, 0.5) is 0 Å². The molecule has 1 aliphatic heterocycles. The van der Waals surface area contributed by atoms with Gasteiger partial charge in [-0.1, -0.05) is 0 Å². The van der Waals surface area contributed by atoms with E-state index in [1.54, 1.807) is 6.33 Å².